The minimum absolute atomic E-state index is 0.125. The summed E-state index contributed by atoms with van der Waals surface area (Å²) < 4.78 is 0. The van der Waals surface area contributed by atoms with Crippen LogP contribution in [0.1, 0.15) is 219 Å². The molecule has 0 aliphatic heterocycles. The van der Waals surface area contributed by atoms with Crippen LogP contribution < -0.4 is 0 Å². The molecule has 236 valence electrons. The quantitative estimate of drug-likeness (QED) is 0.0579. The number of hydrogen-bond donors (Lipinski definition) is 0. The van der Waals surface area contributed by atoms with Gasteiger partial charge in [0.15, 0.2) is 11.6 Å². The van der Waals surface area contributed by atoms with Crippen molar-refractivity contribution >= 4 is 11.6 Å². The molecule has 0 N–H and O–H groups in total. The van der Waals surface area contributed by atoms with Crippen molar-refractivity contribution in [2.45, 2.75) is 219 Å². The highest BCUT2D eigenvalue weighted by Crippen LogP contribution is 2.15. The van der Waals surface area contributed by atoms with E-state index in [2.05, 4.69) is 13.8 Å². The first-order chi connectivity index (χ1) is 19.7. The number of carbonyl (C=O) groups excluding carboxylic acids is 2. The van der Waals surface area contributed by atoms with Gasteiger partial charge < -0.3 is 0 Å². The molecule has 0 radical (unpaired) electrons. The molecule has 0 aromatic rings. The van der Waals surface area contributed by atoms with Crippen molar-refractivity contribution in [2.75, 3.05) is 0 Å². The molecule has 2 nitrogen and oxygen atoms in total. The Hall–Kier alpha value is -0.920. The third-order valence-electron chi connectivity index (χ3n) is 8.51. The first kappa shape index (κ1) is 39.1. The van der Waals surface area contributed by atoms with Crippen LogP contribution in [0, 0.1) is 0 Å². The van der Waals surface area contributed by atoms with Gasteiger partial charge in [-0.1, -0.05) is 194 Å². The summed E-state index contributed by atoms with van der Waals surface area (Å²) in [5.74, 6) is 0.249. The van der Waals surface area contributed by atoms with Crippen LogP contribution in [0.15, 0.2) is 12.2 Å². The minimum atomic E-state index is 0.125. The Labute approximate surface area is 252 Å². The molecule has 0 saturated carbocycles. The Balaban J connectivity index is 3.34. The zero-order valence-electron chi connectivity index (χ0n) is 27.6. The van der Waals surface area contributed by atoms with E-state index < -0.39 is 0 Å². The Morgan fingerprint density at radius 3 is 0.675 bits per heavy atom. The topological polar surface area (TPSA) is 34.1 Å². The number of carbonyl (C=O) groups is 2. The van der Waals surface area contributed by atoms with Crippen molar-refractivity contribution in [3.05, 3.63) is 12.2 Å². The number of allylic oxidation sites excluding steroid dienone is 2. The number of ketones is 2. The second-order valence-corrected chi connectivity index (χ2v) is 12.7. The summed E-state index contributed by atoms with van der Waals surface area (Å²) in [4.78, 5) is 24.1. The molecule has 0 amide bonds. The van der Waals surface area contributed by atoms with Crippen LogP contribution in [0.3, 0.4) is 0 Å². The van der Waals surface area contributed by atoms with Gasteiger partial charge in [-0.3, -0.25) is 9.59 Å². The normalized spacial score (nSPS) is 11.6. The molecule has 0 atom stereocenters. The maximum atomic E-state index is 12.1. The van der Waals surface area contributed by atoms with Gasteiger partial charge in [0, 0.05) is 12.8 Å². The molecule has 0 saturated heterocycles. The highest BCUT2D eigenvalue weighted by Gasteiger charge is 2.02. The van der Waals surface area contributed by atoms with Gasteiger partial charge in [-0.25, -0.2) is 0 Å². The van der Waals surface area contributed by atoms with E-state index >= 15 is 0 Å². The highest BCUT2D eigenvalue weighted by molar-refractivity contribution is 5.98. The fourth-order valence-electron chi connectivity index (χ4n) is 5.69. The summed E-state index contributed by atoms with van der Waals surface area (Å²) in [7, 11) is 0. The van der Waals surface area contributed by atoms with Gasteiger partial charge in [0.25, 0.3) is 0 Å². The van der Waals surface area contributed by atoms with E-state index in [1.165, 1.54) is 179 Å². The maximum absolute atomic E-state index is 12.1. The first-order valence-corrected chi connectivity index (χ1v) is 18.4. The summed E-state index contributed by atoms with van der Waals surface area (Å²) in [6, 6.07) is 0. The monoisotopic (exact) mass is 561 g/mol. The van der Waals surface area contributed by atoms with Gasteiger partial charge in [0.05, 0.1) is 0 Å². The number of unbranched alkanes of at least 4 members (excludes halogenated alkanes) is 28. The first-order valence-electron chi connectivity index (χ1n) is 18.4. The van der Waals surface area contributed by atoms with Crippen LogP contribution in [0.2, 0.25) is 0 Å². The SMILES string of the molecule is CCCCCCCCCCCCCCCCCC(=O)/C=C\C(=O)CCCCCCCCCCCCCCCCC. The van der Waals surface area contributed by atoms with Gasteiger partial charge >= 0.3 is 0 Å². The van der Waals surface area contributed by atoms with E-state index in [1.54, 1.807) is 0 Å². The molecule has 0 heterocycles. The fraction of sp³-hybridized carbons (Fsp3) is 0.895. The Bertz CT molecular complexity index is 502. The second kappa shape index (κ2) is 34.3. The average Bonchev–Trinajstić information content (AvgIpc) is 2.96. The smallest absolute Gasteiger partial charge is 0.155 e. The zero-order chi connectivity index (χ0) is 29.2. The van der Waals surface area contributed by atoms with Gasteiger partial charge in [0.1, 0.15) is 0 Å². The van der Waals surface area contributed by atoms with Crippen LogP contribution in [-0.2, 0) is 9.59 Å². The van der Waals surface area contributed by atoms with Crippen molar-refractivity contribution in [3.63, 3.8) is 0 Å². The van der Waals surface area contributed by atoms with Crippen LogP contribution >= 0.6 is 0 Å². The molecule has 0 bridgehead atoms. The Morgan fingerprint density at radius 1 is 0.300 bits per heavy atom. The molecule has 0 aromatic carbocycles. The summed E-state index contributed by atoms with van der Waals surface area (Å²) >= 11 is 0. The van der Waals surface area contributed by atoms with Crippen LogP contribution in [-0.4, -0.2) is 11.6 Å². The highest BCUT2D eigenvalue weighted by atomic mass is 16.1. The van der Waals surface area contributed by atoms with E-state index in [4.69, 9.17) is 0 Å². The number of hydrogen-bond acceptors (Lipinski definition) is 2. The van der Waals surface area contributed by atoms with E-state index in [1.807, 2.05) is 0 Å². The lowest BCUT2D eigenvalue weighted by Gasteiger charge is -2.03. The molecule has 2 heteroatoms. The fourth-order valence-corrected chi connectivity index (χ4v) is 5.69. The van der Waals surface area contributed by atoms with Crippen molar-refractivity contribution in [2.24, 2.45) is 0 Å². The largest absolute Gasteiger partial charge is 0.295 e. The third-order valence-corrected chi connectivity index (χ3v) is 8.51. The van der Waals surface area contributed by atoms with Gasteiger partial charge in [0.2, 0.25) is 0 Å². The minimum Gasteiger partial charge on any atom is -0.295 e. The molecule has 0 aliphatic carbocycles. The van der Waals surface area contributed by atoms with E-state index in [0.717, 1.165) is 25.7 Å². The van der Waals surface area contributed by atoms with Crippen LogP contribution in [0.5, 0.6) is 0 Å². The lowest BCUT2D eigenvalue weighted by Crippen LogP contribution is -1.97. The standard InChI is InChI=1S/C38H72O2/c1-3-5-7-9-11-13-15-17-19-21-23-25-27-29-31-33-37(39)35-36-38(40)34-32-30-28-26-24-22-20-18-16-14-12-10-8-6-4-2/h35-36H,3-34H2,1-2H3/b36-35-. The molecule has 0 aromatic heterocycles. The van der Waals surface area contributed by atoms with Crippen molar-refractivity contribution < 1.29 is 9.59 Å². The molecule has 0 rings (SSSR count). The molecular weight excluding hydrogens is 488 g/mol. The molecule has 40 heavy (non-hydrogen) atoms. The van der Waals surface area contributed by atoms with Crippen molar-refractivity contribution in [1.29, 1.82) is 0 Å². The Morgan fingerprint density at radius 2 is 0.475 bits per heavy atom. The summed E-state index contributed by atoms with van der Waals surface area (Å²) in [5.41, 5.74) is 0. The van der Waals surface area contributed by atoms with E-state index in [0.29, 0.717) is 12.8 Å². The lowest BCUT2D eigenvalue weighted by atomic mass is 10.0. The summed E-state index contributed by atoms with van der Waals surface area (Å²) in [6.07, 6.45) is 44.4. The van der Waals surface area contributed by atoms with E-state index in [-0.39, 0.29) is 11.6 Å². The molecular formula is C38H72O2. The molecule has 0 fully saturated rings. The predicted molar refractivity (Wildman–Crippen MR) is 178 cm³/mol. The van der Waals surface area contributed by atoms with Gasteiger partial charge in [-0.2, -0.15) is 0 Å². The Kier molecular flexibility index (Phi) is 33.5. The van der Waals surface area contributed by atoms with Crippen molar-refractivity contribution in [1.82, 2.24) is 0 Å². The van der Waals surface area contributed by atoms with Gasteiger partial charge in [-0.15, -0.1) is 0 Å². The average molecular weight is 561 g/mol. The molecule has 0 unspecified atom stereocenters. The van der Waals surface area contributed by atoms with Gasteiger partial charge in [-0.05, 0) is 25.0 Å². The summed E-state index contributed by atoms with van der Waals surface area (Å²) in [6.45, 7) is 4.56. The zero-order valence-corrected chi connectivity index (χ0v) is 27.6. The number of rotatable bonds is 34. The maximum Gasteiger partial charge on any atom is 0.155 e. The third kappa shape index (κ3) is 33.3. The van der Waals surface area contributed by atoms with Crippen LogP contribution in [0.25, 0.3) is 0 Å². The lowest BCUT2D eigenvalue weighted by molar-refractivity contribution is -0.116. The van der Waals surface area contributed by atoms with Crippen LogP contribution in [0.4, 0.5) is 0 Å². The predicted octanol–water partition coefficient (Wildman–Crippen LogP) is 13.2. The summed E-state index contributed by atoms with van der Waals surface area (Å²) in [5, 5.41) is 0. The van der Waals surface area contributed by atoms with Crippen molar-refractivity contribution in [3.8, 4) is 0 Å². The molecule has 0 aliphatic rings. The second-order valence-electron chi connectivity index (χ2n) is 12.7. The van der Waals surface area contributed by atoms with E-state index in [9.17, 15) is 9.59 Å². The molecule has 0 spiro atoms.